The SMILES string of the molecule is CC(C)(C)c1cccc(OP=O)c1C(C)(C)C. The predicted molar refractivity (Wildman–Crippen MR) is 72.1 cm³/mol. The minimum atomic E-state index is -0.303. The van der Waals surface area contributed by atoms with Crippen LogP contribution in [0.2, 0.25) is 0 Å². The van der Waals surface area contributed by atoms with E-state index in [2.05, 4.69) is 47.6 Å². The zero-order valence-electron chi connectivity index (χ0n) is 11.5. The van der Waals surface area contributed by atoms with Crippen LogP contribution in [0, 0.1) is 0 Å². The van der Waals surface area contributed by atoms with Crippen molar-refractivity contribution in [2.24, 2.45) is 0 Å². The van der Waals surface area contributed by atoms with Crippen LogP contribution in [0.25, 0.3) is 0 Å². The Labute approximate surface area is 106 Å². The van der Waals surface area contributed by atoms with E-state index in [0.29, 0.717) is 5.75 Å². The van der Waals surface area contributed by atoms with E-state index in [1.807, 2.05) is 12.1 Å². The summed E-state index contributed by atoms with van der Waals surface area (Å²) in [6, 6.07) is 5.95. The molecule has 0 aliphatic heterocycles. The molecule has 1 aromatic rings. The third kappa shape index (κ3) is 3.29. The van der Waals surface area contributed by atoms with E-state index in [9.17, 15) is 4.57 Å². The number of benzene rings is 1. The van der Waals surface area contributed by atoms with Gasteiger partial charge in [0.05, 0.1) is 0 Å². The van der Waals surface area contributed by atoms with E-state index < -0.39 is 0 Å². The molecule has 0 saturated heterocycles. The molecular formula is C14H21O2P. The number of rotatable bonds is 2. The van der Waals surface area contributed by atoms with Crippen LogP contribution in [-0.4, -0.2) is 0 Å². The zero-order valence-corrected chi connectivity index (χ0v) is 12.4. The summed E-state index contributed by atoms with van der Waals surface area (Å²) in [6.45, 7) is 13.0. The molecule has 0 aliphatic carbocycles. The lowest BCUT2D eigenvalue weighted by Crippen LogP contribution is -2.22. The highest BCUT2D eigenvalue weighted by atomic mass is 31.1. The maximum Gasteiger partial charge on any atom is 0.395 e. The standard InChI is InChI=1S/C14H21O2P/c1-13(2,3)10-8-7-9-11(16-17-15)12(10)14(4,5)6/h7-9H,1-6H3. The summed E-state index contributed by atoms with van der Waals surface area (Å²) in [5.41, 5.74) is 2.38. The molecule has 94 valence electrons. The van der Waals surface area contributed by atoms with Crippen molar-refractivity contribution in [1.29, 1.82) is 0 Å². The first-order valence-electron chi connectivity index (χ1n) is 5.81. The van der Waals surface area contributed by atoms with Gasteiger partial charge in [0.25, 0.3) is 0 Å². The highest BCUT2D eigenvalue weighted by Gasteiger charge is 2.28. The van der Waals surface area contributed by atoms with E-state index in [-0.39, 0.29) is 19.5 Å². The molecule has 0 radical (unpaired) electrons. The quantitative estimate of drug-likeness (QED) is 0.702. The van der Waals surface area contributed by atoms with Gasteiger partial charge in [-0.25, -0.2) is 4.57 Å². The number of hydrogen-bond donors (Lipinski definition) is 0. The molecule has 0 unspecified atom stereocenters. The third-order valence-electron chi connectivity index (χ3n) is 2.72. The Morgan fingerprint density at radius 2 is 1.59 bits per heavy atom. The summed E-state index contributed by atoms with van der Waals surface area (Å²) in [6.07, 6.45) is 0. The molecular weight excluding hydrogens is 231 g/mol. The Kier molecular flexibility index (Phi) is 3.99. The summed E-state index contributed by atoms with van der Waals surface area (Å²) in [5, 5.41) is 0. The Morgan fingerprint density at radius 3 is 2.00 bits per heavy atom. The first-order chi connectivity index (χ1) is 7.68. The van der Waals surface area contributed by atoms with Crippen LogP contribution in [0.4, 0.5) is 0 Å². The minimum Gasteiger partial charge on any atom is -0.407 e. The van der Waals surface area contributed by atoms with Crippen LogP contribution < -0.4 is 4.52 Å². The van der Waals surface area contributed by atoms with Gasteiger partial charge >= 0.3 is 8.69 Å². The fourth-order valence-electron chi connectivity index (χ4n) is 2.05. The maximum atomic E-state index is 10.7. The second-order valence-electron chi connectivity index (χ2n) is 6.34. The fraction of sp³-hybridized carbons (Fsp3) is 0.571. The smallest absolute Gasteiger partial charge is 0.395 e. The van der Waals surface area contributed by atoms with Crippen LogP contribution in [-0.2, 0) is 15.4 Å². The molecule has 1 rings (SSSR count). The molecule has 0 atom stereocenters. The molecule has 0 aromatic heterocycles. The van der Waals surface area contributed by atoms with Gasteiger partial charge in [-0.05, 0) is 22.5 Å². The van der Waals surface area contributed by atoms with Gasteiger partial charge in [0.2, 0.25) is 0 Å². The molecule has 0 spiro atoms. The second kappa shape index (κ2) is 4.78. The highest BCUT2D eigenvalue weighted by Crippen LogP contribution is 2.40. The first kappa shape index (κ1) is 14.2. The predicted octanol–water partition coefficient (Wildman–Crippen LogP) is 4.87. The lowest BCUT2D eigenvalue weighted by Gasteiger charge is -2.31. The van der Waals surface area contributed by atoms with Crippen molar-refractivity contribution >= 4 is 8.69 Å². The molecule has 17 heavy (non-hydrogen) atoms. The fourth-order valence-corrected chi connectivity index (χ4v) is 2.28. The van der Waals surface area contributed by atoms with Crippen molar-refractivity contribution < 1.29 is 9.09 Å². The summed E-state index contributed by atoms with van der Waals surface area (Å²) < 4.78 is 15.9. The van der Waals surface area contributed by atoms with Gasteiger partial charge < -0.3 is 4.52 Å². The lowest BCUT2D eigenvalue weighted by molar-refractivity contribution is 0.484. The maximum absolute atomic E-state index is 10.7. The van der Waals surface area contributed by atoms with Crippen LogP contribution in [0.15, 0.2) is 18.2 Å². The van der Waals surface area contributed by atoms with E-state index in [0.717, 1.165) is 5.56 Å². The molecule has 0 fully saturated rings. The molecule has 0 amide bonds. The van der Waals surface area contributed by atoms with E-state index in [1.165, 1.54) is 5.56 Å². The second-order valence-corrected chi connectivity index (χ2v) is 6.68. The van der Waals surface area contributed by atoms with Gasteiger partial charge in [-0.15, -0.1) is 0 Å². The van der Waals surface area contributed by atoms with E-state index >= 15 is 0 Å². The molecule has 0 N–H and O–H groups in total. The van der Waals surface area contributed by atoms with Crippen molar-refractivity contribution in [3.05, 3.63) is 29.3 Å². The van der Waals surface area contributed by atoms with Gasteiger partial charge in [0.15, 0.2) is 0 Å². The van der Waals surface area contributed by atoms with Gasteiger partial charge in [-0.2, -0.15) is 0 Å². The highest BCUT2D eigenvalue weighted by molar-refractivity contribution is 7.17. The Balaban J connectivity index is 3.51. The van der Waals surface area contributed by atoms with E-state index in [1.54, 1.807) is 0 Å². The normalized spacial score (nSPS) is 12.8. The Morgan fingerprint density at radius 1 is 1.00 bits per heavy atom. The molecule has 1 aromatic carbocycles. The topological polar surface area (TPSA) is 26.3 Å². The molecule has 0 aliphatic rings. The summed E-state index contributed by atoms with van der Waals surface area (Å²) in [7, 11) is -0.303. The third-order valence-corrected chi connectivity index (χ3v) is 2.99. The van der Waals surface area contributed by atoms with Crippen molar-refractivity contribution in [1.82, 2.24) is 0 Å². The van der Waals surface area contributed by atoms with Crippen LogP contribution in [0.1, 0.15) is 52.7 Å². The number of hydrogen-bond acceptors (Lipinski definition) is 2. The van der Waals surface area contributed by atoms with Gasteiger partial charge in [0.1, 0.15) is 5.75 Å². The van der Waals surface area contributed by atoms with Crippen LogP contribution in [0.3, 0.4) is 0 Å². The van der Waals surface area contributed by atoms with Crippen molar-refractivity contribution in [3.63, 3.8) is 0 Å². The molecule has 2 nitrogen and oxygen atoms in total. The molecule has 0 heterocycles. The van der Waals surface area contributed by atoms with Crippen molar-refractivity contribution in [2.45, 2.75) is 52.4 Å². The van der Waals surface area contributed by atoms with Gasteiger partial charge in [-0.3, -0.25) is 0 Å². The van der Waals surface area contributed by atoms with Gasteiger partial charge in [-0.1, -0.05) is 53.7 Å². The van der Waals surface area contributed by atoms with Crippen molar-refractivity contribution in [2.75, 3.05) is 0 Å². The lowest BCUT2D eigenvalue weighted by atomic mass is 9.75. The minimum absolute atomic E-state index is 0.0378. The molecule has 3 heteroatoms. The monoisotopic (exact) mass is 252 g/mol. The zero-order chi connectivity index (χ0) is 13.3. The molecule has 0 saturated carbocycles. The Bertz CT molecular complexity index is 411. The first-order valence-corrected chi connectivity index (χ1v) is 6.54. The average Bonchev–Trinajstić information content (AvgIpc) is 2.14. The van der Waals surface area contributed by atoms with Gasteiger partial charge in [0, 0.05) is 5.56 Å². The van der Waals surface area contributed by atoms with Crippen LogP contribution >= 0.6 is 8.69 Å². The van der Waals surface area contributed by atoms with E-state index in [4.69, 9.17) is 4.52 Å². The largest absolute Gasteiger partial charge is 0.407 e. The van der Waals surface area contributed by atoms with Crippen LogP contribution in [0.5, 0.6) is 5.75 Å². The Hall–Kier alpha value is -0.880. The summed E-state index contributed by atoms with van der Waals surface area (Å²) >= 11 is 0. The summed E-state index contributed by atoms with van der Waals surface area (Å²) in [4.78, 5) is 0. The van der Waals surface area contributed by atoms with Crippen molar-refractivity contribution in [3.8, 4) is 5.75 Å². The average molecular weight is 252 g/mol. The summed E-state index contributed by atoms with van der Waals surface area (Å²) in [5.74, 6) is 0.710. The molecule has 0 bridgehead atoms.